The van der Waals surface area contributed by atoms with Crippen molar-refractivity contribution in [2.45, 2.75) is 6.92 Å². The van der Waals surface area contributed by atoms with E-state index >= 15 is 0 Å². The monoisotopic (exact) mass is 262 g/mol. The fourth-order valence-electron chi connectivity index (χ4n) is 1.69. The first-order chi connectivity index (χ1) is 8.99. The van der Waals surface area contributed by atoms with Crippen molar-refractivity contribution in [1.82, 2.24) is 0 Å². The van der Waals surface area contributed by atoms with Gasteiger partial charge in [-0.1, -0.05) is 6.07 Å². The quantitative estimate of drug-likeness (QED) is 0.657. The van der Waals surface area contributed by atoms with Gasteiger partial charge >= 0.3 is 0 Å². The van der Waals surface area contributed by atoms with Gasteiger partial charge in [-0.3, -0.25) is 4.79 Å². The van der Waals surface area contributed by atoms with Crippen LogP contribution in [0.2, 0.25) is 0 Å². The third kappa shape index (κ3) is 2.70. The summed E-state index contributed by atoms with van der Waals surface area (Å²) >= 11 is 0. The minimum atomic E-state index is -0.969. The Kier molecular flexibility index (Phi) is 3.46. The first-order valence-corrected chi connectivity index (χ1v) is 5.60. The normalized spacial score (nSPS) is 10.3. The van der Waals surface area contributed by atoms with E-state index in [1.807, 2.05) is 0 Å². The molecule has 0 saturated heterocycles. The van der Waals surface area contributed by atoms with E-state index in [0.29, 0.717) is 16.9 Å². The molecule has 0 saturated carbocycles. The third-order valence-electron chi connectivity index (χ3n) is 2.66. The molecule has 0 aliphatic rings. The molecule has 3 nitrogen and oxygen atoms in total. The summed E-state index contributed by atoms with van der Waals surface area (Å²) in [4.78, 5) is 11.4. The van der Waals surface area contributed by atoms with Crippen molar-refractivity contribution in [2.24, 2.45) is 0 Å². The SMILES string of the molecule is CC(=O)c1cc(Nc2cccc(F)c2F)ccc1N. The lowest BCUT2D eigenvalue weighted by Gasteiger charge is -2.10. The van der Waals surface area contributed by atoms with Crippen LogP contribution in [0.25, 0.3) is 0 Å². The van der Waals surface area contributed by atoms with E-state index in [2.05, 4.69) is 5.32 Å². The number of hydrogen-bond acceptors (Lipinski definition) is 3. The van der Waals surface area contributed by atoms with Crippen LogP contribution in [-0.4, -0.2) is 5.78 Å². The Hall–Kier alpha value is -2.43. The van der Waals surface area contributed by atoms with E-state index < -0.39 is 11.6 Å². The molecule has 19 heavy (non-hydrogen) atoms. The number of halogens is 2. The Labute approximate surface area is 109 Å². The molecule has 0 aliphatic heterocycles. The number of anilines is 3. The number of nitrogens with one attached hydrogen (secondary N) is 1. The lowest BCUT2D eigenvalue weighted by Crippen LogP contribution is -2.02. The molecule has 98 valence electrons. The molecule has 0 heterocycles. The highest BCUT2D eigenvalue weighted by atomic mass is 19.2. The minimum Gasteiger partial charge on any atom is -0.398 e. The van der Waals surface area contributed by atoms with Crippen LogP contribution in [0.1, 0.15) is 17.3 Å². The van der Waals surface area contributed by atoms with Gasteiger partial charge in [-0.05, 0) is 37.3 Å². The summed E-state index contributed by atoms with van der Waals surface area (Å²) in [5.74, 6) is -2.10. The van der Waals surface area contributed by atoms with Gasteiger partial charge in [-0.15, -0.1) is 0 Å². The van der Waals surface area contributed by atoms with Crippen LogP contribution in [0.4, 0.5) is 25.8 Å². The Balaban J connectivity index is 2.36. The van der Waals surface area contributed by atoms with E-state index in [9.17, 15) is 13.6 Å². The number of rotatable bonds is 3. The van der Waals surface area contributed by atoms with E-state index in [1.54, 1.807) is 6.07 Å². The average molecular weight is 262 g/mol. The third-order valence-corrected chi connectivity index (χ3v) is 2.66. The predicted octanol–water partition coefficient (Wildman–Crippen LogP) is 3.49. The number of ketones is 1. The topological polar surface area (TPSA) is 55.1 Å². The minimum absolute atomic E-state index is 0.000673. The van der Waals surface area contributed by atoms with Gasteiger partial charge in [0.05, 0.1) is 5.69 Å². The smallest absolute Gasteiger partial charge is 0.182 e. The van der Waals surface area contributed by atoms with Gasteiger partial charge in [0, 0.05) is 16.9 Å². The highest BCUT2D eigenvalue weighted by Gasteiger charge is 2.10. The van der Waals surface area contributed by atoms with Crippen LogP contribution in [0, 0.1) is 11.6 Å². The van der Waals surface area contributed by atoms with Crippen molar-refractivity contribution in [1.29, 1.82) is 0 Å². The van der Waals surface area contributed by atoms with Gasteiger partial charge in [-0.25, -0.2) is 8.78 Å². The molecule has 0 aromatic heterocycles. The maximum atomic E-state index is 13.5. The van der Waals surface area contributed by atoms with Crippen LogP contribution < -0.4 is 11.1 Å². The van der Waals surface area contributed by atoms with E-state index in [0.717, 1.165) is 6.07 Å². The molecule has 2 aromatic rings. The molecular weight excluding hydrogens is 250 g/mol. The summed E-state index contributed by atoms with van der Waals surface area (Å²) in [5, 5.41) is 2.71. The predicted molar refractivity (Wildman–Crippen MR) is 70.5 cm³/mol. The maximum Gasteiger partial charge on any atom is 0.182 e. The standard InChI is InChI=1S/C14H12F2N2O/c1-8(19)10-7-9(5-6-12(10)17)18-13-4-2-3-11(15)14(13)16/h2-7,18H,17H2,1H3. The van der Waals surface area contributed by atoms with Crippen molar-refractivity contribution in [3.8, 4) is 0 Å². The van der Waals surface area contributed by atoms with Crippen LogP contribution in [0.5, 0.6) is 0 Å². The summed E-state index contributed by atoms with van der Waals surface area (Å²) in [6.45, 7) is 1.39. The Morgan fingerprint density at radius 3 is 2.63 bits per heavy atom. The molecule has 0 amide bonds. The fourth-order valence-corrected chi connectivity index (χ4v) is 1.69. The molecular formula is C14H12F2N2O. The number of benzene rings is 2. The lowest BCUT2D eigenvalue weighted by molar-refractivity contribution is 0.101. The van der Waals surface area contributed by atoms with Gasteiger partial charge in [-0.2, -0.15) is 0 Å². The zero-order chi connectivity index (χ0) is 14.0. The number of Topliss-reactive ketones (excluding diaryl/α,β-unsaturated/α-hetero) is 1. The molecule has 0 fully saturated rings. The molecule has 0 atom stereocenters. The number of carbonyl (C=O) groups is 1. The van der Waals surface area contributed by atoms with Gasteiger partial charge in [0.15, 0.2) is 17.4 Å². The number of nitrogen functional groups attached to an aromatic ring is 1. The van der Waals surface area contributed by atoms with E-state index in [4.69, 9.17) is 5.73 Å². The summed E-state index contributed by atoms with van der Waals surface area (Å²) in [6, 6.07) is 8.46. The van der Waals surface area contributed by atoms with Crippen molar-refractivity contribution >= 4 is 22.8 Å². The van der Waals surface area contributed by atoms with Crippen molar-refractivity contribution in [2.75, 3.05) is 11.1 Å². The largest absolute Gasteiger partial charge is 0.398 e. The Morgan fingerprint density at radius 1 is 1.21 bits per heavy atom. The number of hydrogen-bond donors (Lipinski definition) is 2. The molecule has 2 aromatic carbocycles. The fraction of sp³-hybridized carbons (Fsp3) is 0.0714. The average Bonchev–Trinajstić information content (AvgIpc) is 2.37. The number of carbonyl (C=O) groups excluding carboxylic acids is 1. The van der Waals surface area contributed by atoms with Crippen molar-refractivity contribution in [3.05, 3.63) is 53.6 Å². The zero-order valence-electron chi connectivity index (χ0n) is 10.2. The second kappa shape index (κ2) is 5.06. The second-order valence-corrected chi connectivity index (χ2v) is 4.08. The van der Waals surface area contributed by atoms with Crippen LogP contribution in [0.3, 0.4) is 0 Å². The zero-order valence-corrected chi connectivity index (χ0v) is 10.2. The Morgan fingerprint density at radius 2 is 1.95 bits per heavy atom. The molecule has 3 N–H and O–H groups in total. The highest BCUT2D eigenvalue weighted by Crippen LogP contribution is 2.24. The molecule has 0 aliphatic carbocycles. The number of nitrogens with two attached hydrogens (primary N) is 1. The Bertz CT molecular complexity index is 641. The first-order valence-electron chi connectivity index (χ1n) is 5.60. The van der Waals surface area contributed by atoms with Gasteiger partial charge < -0.3 is 11.1 Å². The summed E-state index contributed by atoms with van der Waals surface area (Å²) < 4.78 is 26.6. The molecule has 0 bridgehead atoms. The van der Waals surface area contributed by atoms with Crippen LogP contribution in [-0.2, 0) is 0 Å². The molecule has 0 spiro atoms. The maximum absolute atomic E-state index is 13.5. The summed E-state index contributed by atoms with van der Waals surface area (Å²) in [5.41, 5.74) is 6.80. The van der Waals surface area contributed by atoms with E-state index in [-0.39, 0.29) is 11.5 Å². The molecule has 2 rings (SSSR count). The molecule has 5 heteroatoms. The second-order valence-electron chi connectivity index (χ2n) is 4.08. The van der Waals surface area contributed by atoms with Crippen molar-refractivity contribution < 1.29 is 13.6 Å². The highest BCUT2D eigenvalue weighted by molar-refractivity contribution is 6.00. The van der Waals surface area contributed by atoms with Crippen LogP contribution in [0.15, 0.2) is 36.4 Å². The van der Waals surface area contributed by atoms with Gasteiger partial charge in [0.2, 0.25) is 0 Å². The van der Waals surface area contributed by atoms with Gasteiger partial charge in [0.1, 0.15) is 0 Å². The summed E-state index contributed by atoms with van der Waals surface area (Å²) in [7, 11) is 0. The summed E-state index contributed by atoms with van der Waals surface area (Å²) in [6.07, 6.45) is 0. The van der Waals surface area contributed by atoms with Gasteiger partial charge in [0.25, 0.3) is 0 Å². The lowest BCUT2D eigenvalue weighted by atomic mass is 10.1. The molecule has 0 unspecified atom stereocenters. The molecule has 0 radical (unpaired) electrons. The van der Waals surface area contributed by atoms with Crippen LogP contribution >= 0.6 is 0 Å². The van der Waals surface area contributed by atoms with Crippen molar-refractivity contribution in [3.63, 3.8) is 0 Å². The first kappa shape index (κ1) is 13.0. The van der Waals surface area contributed by atoms with E-state index in [1.165, 1.54) is 31.2 Å².